The predicted octanol–water partition coefficient (Wildman–Crippen LogP) is 3.87. The van der Waals surface area contributed by atoms with Gasteiger partial charge in [-0.3, -0.25) is 0 Å². The highest BCUT2D eigenvalue weighted by atomic mass is 19.1. The molecule has 0 bridgehead atoms. The van der Waals surface area contributed by atoms with Crippen LogP contribution in [0, 0.1) is 11.7 Å². The zero-order valence-electron chi connectivity index (χ0n) is 15.7. The lowest BCUT2D eigenvalue weighted by Gasteiger charge is -2.17. The van der Waals surface area contributed by atoms with E-state index in [1.165, 1.54) is 11.6 Å². The molecule has 0 aliphatic heterocycles. The number of benzene rings is 1. The lowest BCUT2D eigenvalue weighted by atomic mass is 10.1. The van der Waals surface area contributed by atoms with Crippen LogP contribution in [0.3, 0.4) is 0 Å². The van der Waals surface area contributed by atoms with Gasteiger partial charge in [0.05, 0.1) is 6.10 Å². The van der Waals surface area contributed by atoms with Crippen molar-refractivity contribution in [3.05, 3.63) is 35.8 Å². The van der Waals surface area contributed by atoms with E-state index in [2.05, 4.69) is 22.2 Å². The van der Waals surface area contributed by atoms with Crippen LogP contribution in [0.1, 0.15) is 38.2 Å². The van der Waals surface area contributed by atoms with Crippen molar-refractivity contribution >= 4 is 17.0 Å². The summed E-state index contributed by atoms with van der Waals surface area (Å²) in [4.78, 5) is 17.0. The van der Waals surface area contributed by atoms with Crippen LogP contribution in [-0.2, 0) is 4.74 Å². The quantitative estimate of drug-likeness (QED) is 0.702. The lowest BCUT2D eigenvalue weighted by molar-refractivity contribution is 0.115. The van der Waals surface area contributed by atoms with Gasteiger partial charge in [0.2, 0.25) is 0 Å². The molecule has 142 valence electrons. The second-order valence-electron chi connectivity index (χ2n) is 7.53. The maximum Gasteiger partial charge on any atom is 0.407 e. The lowest BCUT2D eigenvalue weighted by Crippen LogP contribution is -2.30. The van der Waals surface area contributed by atoms with Crippen LogP contribution in [0.25, 0.3) is 10.9 Å². The Morgan fingerprint density at radius 3 is 3.04 bits per heavy atom. The maximum atomic E-state index is 13.5. The molecule has 1 amide bonds. The van der Waals surface area contributed by atoms with E-state index in [0.29, 0.717) is 18.4 Å². The molecule has 0 radical (unpaired) electrons. The standard InChI is InChI=1S/C20H28FN3O2/c1-13(2)26-20(25)22-7-4-8-24(3)12-14-9-16(14)18-11-23-19-6-5-15(21)10-17(18)19/h5-6,10-11,13-14,16,23H,4,7-9,12H2,1-3H3,(H,22,25). The summed E-state index contributed by atoms with van der Waals surface area (Å²) in [6.45, 7) is 6.23. The fraction of sp³-hybridized carbons (Fsp3) is 0.550. The molecule has 2 N–H and O–H groups in total. The van der Waals surface area contributed by atoms with Crippen molar-refractivity contribution in [3.63, 3.8) is 0 Å². The number of ether oxygens (including phenoxy) is 1. The fourth-order valence-electron chi connectivity index (χ4n) is 3.54. The van der Waals surface area contributed by atoms with E-state index in [4.69, 9.17) is 4.74 Å². The first-order valence-corrected chi connectivity index (χ1v) is 9.33. The van der Waals surface area contributed by atoms with Crippen molar-refractivity contribution in [1.82, 2.24) is 15.2 Å². The summed E-state index contributed by atoms with van der Waals surface area (Å²) >= 11 is 0. The first kappa shape index (κ1) is 18.7. The van der Waals surface area contributed by atoms with Crippen LogP contribution >= 0.6 is 0 Å². The van der Waals surface area contributed by atoms with E-state index in [9.17, 15) is 9.18 Å². The van der Waals surface area contributed by atoms with Crippen molar-refractivity contribution in [2.24, 2.45) is 5.92 Å². The Labute approximate surface area is 153 Å². The van der Waals surface area contributed by atoms with Crippen molar-refractivity contribution in [2.45, 2.75) is 38.7 Å². The number of aromatic nitrogens is 1. The van der Waals surface area contributed by atoms with E-state index in [1.807, 2.05) is 20.0 Å². The van der Waals surface area contributed by atoms with Crippen molar-refractivity contribution in [3.8, 4) is 0 Å². The number of fused-ring (bicyclic) bond motifs is 1. The van der Waals surface area contributed by atoms with Gasteiger partial charge in [-0.25, -0.2) is 9.18 Å². The van der Waals surface area contributed by atoms with Gasteiger partial charge in [0.25, 0.3) is 0 Å². The molecule has 3 rings (SSSR count). The number of H-pyrrole nitrogens is 1. The maximum absolute atomic E-state index is 13.5. The molecular formula is C20H28FN3O2. The third-order valence-electron chi connectivity index (χ3n) is 4.87. The van der Waals surface area contributed by atoms with Crippen LogP contribution in [-0.4, -0.2) is 48.8 Å². The molecule has 1 saturated carbocycles. The zero-order chi connectivity index (χ0) is 18.7. The summed E-state index contributed by atoms with van der Waals surface area (Å²) in [6, 6.07) is 4.92. The van der Waals surface area contributed by atoms with Gasteiger partial charge < -0.3 is 19.9 Å². The first-order chi connectivity index (χ1) is 12.4. The number of amides is 1. The van der Waals surface area contributed by atoms with Gasteiger partial charge >= 0.3 is 6.09 Å². The molecule has 1 fully saturated rings. The Bertz CT molecular complexity index is 759. The van der Waals surface area contributed by atoms with Crippen LogP contribution in [0.2, 0.25) is 0 Å². The van der Waals surface area contributed by atoms with Crippen LogP contribution in [0.4, 0.5) is 9.18 Å². The molecule has 1 aromatic carbocycles. The normalized spacial score (nSPS) is 19.3. The van der Waals surface area contributed by atoms with Gasteiger partial charge in [-0.05, 0) is 75.9 Å². The Balaban J connectivity index is 1.40. The molecule has 1 heterocycles. The Kier molecular flexibility index (Phi) is 5.81. The third kappa shape index (κ3) is 4.75. The second-order valence-corrected chi connectivity index (χ2v) is 7.53. The number of carbonyl (C=O) groups is 1. The first-order valence-electron chi connectivity index (χ1n) is 9.33. The van der Waals surface area contributed by atoms with Crippen molar-refractivity contribution < 1.29 is 13.9 Å². The number of nitrogens with one attached hydrogen (secondary N) is 2. The molecule has 0 spiro atoms. The van der Waals surface area contributed by atoms with Gasteiger partial charge in [0.1, 0.15) is 5.82 Å². The summed E-state index contributed by atoms with van der Waals surface area (Å²) in [5.74, 6) is 0.935. The molecule has 6 heteroatoms. The van der Waals surface area contributed by atoms with E-state index in [-0.39, 0.29) is 18.0 Å². The Morgan fingerprint density at radius 2 is 2.27 bits per heavy atom. The number of rotatable bonds is 8. The van der Waals surface area contributed by atoms with Gasteiger partial charge in [0.15, 0.2) is 0 Å². The zero-order valence-corrected chi connectivity index (χ0v) is 15.7. The summed E-state index contributed by atoms with van der Waals surface area (Å²) in [7, 11) is 2.11. The van der Waals surface area contributed by atoms with Crippen molar-refractivity contribution in [1.29, 1.82) is 0 Å². The summed E-state index contributed by atoms with van der Waals surface area (Å²) in [5.41, 5.74) is 2.23. The number of hydrogen-bond donors (Lipinski definition) is 2. The summed E-state index contributed by atoms with van der Waals surface area (Å²) in [6.07, 6.45) is 3.62. The minimum atomic E-state index is -0.350. The summed E-state index contributed by atoms with van der Waals surface area (Å²) in [5, 5.41) is 3.77. The van der Waals surface area contributed by atoms with Gasteiger partial charge in [0, 0.05) is 30.2 Å². The molecule has 1 aromatic heterocycles. The SMILES string of the molecule is CC(C)OC(=O)NCCCN(C)CC1CC1c1c[nH]c2ccc(F)cc12. The number of aromatic amines is 1. The number of halogens is 1. The van der Waals surface area contributed by atoms with Gasteiger partial charge in [-0.2, -0.15) is 0 Å². The van der Waals surface area contributed by atoms with Crippen LogP contribution in [0.15, 0.2) is 24.4 Å². The average molecular weight is 361 g/mol. The molecule has 1 aliphatic carbocycles. The molecule has 1 aliphatic rings. The molecule has 5 nitrogen and oxygen atoms in total. The molecule has 2 unspecified atom stereocenters. The predicted molar refractivity (Wildman–Crippen MR) is 101 cm³/mol. The van der Waals surface area contributed by atoms with E-state index in [0.717, 1.165) is 36.8 Å². The smallest absolute Gasteiger partial charge is 0.407 e. The highest BCUT2D eigenvalue weighted by Crippen LogP contribution is 2.49. The molecule has 26 heavy (non-hydrogen) atoms. The molecular weight excluding hydrogens is 333 g/mol. The number of hydrogen-bond acceptors (Lipinski definition) is 3. The van der Waals surface area contributed by atoms with Gasteiger partial charge in [-0.1, -0.05) is 0 Å². The van der Waals surface area contributed by atoms with Crippen LogP contribution in [0.5, 0.6) is 0 Å². The molecule has 0 saturated heterocycles. The van der Waals surface area contributed by atoms with E-state index < -0.39 is 0 Å². The highest BCUT2D eigenvalue weighted by Gasteiger charge is 2.40. The van der Waals surface area contributed by atoms with Crippen molar-refractivity contribution in [2.75, 3.05) is 26.7 Å². The largest absolute Gasteiger partial charge is 0.447 e. The fourth-order valence-corrected chi connectivity index (χ4v) is 3.54. The van der Waals surface area contributed by atoms with E-state index >= 15 is 0 Å². The molecule has 2 atom stereocenters. The van der Waals surface area contributed by atoms with Gasteiger partial charge in [-0.15, -0.1) is 0 Å². The number of alkyl carbamates (subject to hydrolysis) is 1. The van der Waals surface area contributed by atoms with E-state index in [1.54, 1.807) is 12.1 Å². The number of carbonyl (C=O) groups excluding carboxylic acids is 1. The second kappa shape index (κ2) is 8.08. The third-order valence-corrected chi connectivity index (χ3v) is 4.87. The summed E-state index contributed by atoms with van der Waals surface area (Å²) < 4.78 is 18.6. The van der Waals surface area contributed by atoms with Crippen LogP contribution < -0.4 is 5.32 Å². The molecule has 2 aromatic rings. The monoisotopic (exact) mass is 361 g/mol. The minimum absolute atomic E-state index is 0.0949. The Hall–Kier alpha value is -2.08. The highest BCUT2D eigenvalue weighted by molar-refractivity contribution is 5.84. The average Bonchev–Trinajstić information content (AvgIpc) is 3.19. The number of nitrogens with zero attached hydrogens (tertiary/aromatic N) is 1. The Morgan fingerprint density at radius 1 is 1.46 bits per heavy atom. The minimum Gasteiger partial charge on any atom is -0.447 e. The topological polar surface area (TPSA) is 57.4 Å².